The van der Waals surface area contributed by atoms with Gasteiger partial charge in [-0.05, 0) is 37.3 Å². The molecule has 1 aliphatic rings. The number of hydrogen-bond acceptors (Lipinski definition) is 5. The third-order valence-corrected chi connectivity index (χ3v) is 7.70. The van der Waals surface area contributed by atoms with Gasteiger partial charge in [0, 0.05) is 23.3 Å². The number of thioether (sulfide) groups is 1. The van der Waals surface area contributed by atoms with Crippen LogP contribution in [0.25, 0.3) is 10.2 Å². The number of amides is 1. The first-order valence-corrected chi connectivity index (χ1v) is 13.0. The molecule has 0 bridgehead atoms. The van der Waals surface area contributed by atoms with Gasteiger partial charge in [0.05, 0.1) is 16.5 Å². The summed E-state index contributed by atoms with van der Waals surface area (Å²) in [7, 11) is -3.40. The van der Waals surface area contributed by atoms with Crippen LogP contribution in [0.5, 0.6) is 0 Å². The standard InChI is InChI=1S/C16H20BrN3O3S3/c1-24-9-8-19-12-6-5-11(17)10-14(12)25-16(19)18-15(21)13-4-3-7-20(13)26(2,22)23/h5-6,10,13H,3-4,7-9H2,1-2H3. The van der Waals surface area contributed by atoms with Crippen molar-refractivity contribution in [1.82, 2.24) is 8.87 Å². The highest BCUT2D eigenvalue weighted by molar-refractivity contribution is 9.10. The van der Waals surface area contributed by atoms with E-state index in [1.807, 2.05) is 29.0 Å². The fourth-order valence-electron chi connectivity index (χ4n) is 3.08. The third kappa shape index (κ3) is 4.24. The van der Waals surface area contributed by atoms with E-state index in [-0.39, 0.29) is 5.91 Å². The summed E-state index contributed by atoms with van der Waals surface area (Å²) < 4.78 is 29.1. The number of halogens is 1. The minimum Gasteiger partial charge on any atom is -0.316 e. The number of aromatic nitrogens is 1. The lowest BCUT2D eigenvalue weighted by atomic mass is 10.2. The lowest BCUT2D eigenvalue weighted by molar-refractivity contribution is -0.121. The minimum atomic E-state index is -3.40. The van der Waals surface area contributed by atoms with Gasteiger partial charge in [-0.3, -0.25) is 4.79 Å². The van der Waals surface area contributed by atoms with Gasteiger partial charge in [0.25, 0.3) is 5.91 Å². The van der Waals surface area contributed by atoms with Gasteiger partial charge in [0.1, 0.15) is 6.04 Å². The Morgan fingerprint density at radius 1 is 1.46 bits per heavy atom. The fourth-order valence-corrected chi connectivity index (χ4v) is 6.18. The van der Waals surface area contributed by atoms with E-state index < -0.39 is 16.1 Å². The first-order chi connectivity index (χ1) is 12.3. The molecule has 10 heteroatoms. The Hall–Kier alpha value is -0.680. The van der Waals surface area contributed by atoms with Gasteiger partial charge in [-0.1, -0.05) is 27.3 Å². The van der Waals surface area contributed by atoms with E-state index in [4.69, 9.17) is 0 Å². The number of sulfonamides is 1. The van der Waals surface area contributed by atoms with Crippen LogP contribution in [-0.2, 0) is 21.4 Å². The highest BCUT2D eigenvalue weighted by Crippen LogP contribution is 2.24. The highest BCUT2D eigenvalue weighted by atomic mass is 79.9. The van der Waals surface area contributed by atoms with Crippen LogP contribution in [-0.4, -0.2) is 54.0 Å². The van der Waals surface area contributed by atoms with Crippen LogP contribution >= 0.6 is 39.0 Å². The normalized spacial score (nSPS) is 19.5. The summed E-state index contributed by atoms with van der Waals surface area (Å²) >= 11 is 6.66. The monoisotopic (exact) mass is 477 g/mol. The summed E-state index contributed by atoms with van der Waals surface area (Å²) in [6.45, 7) is 1.13. The average molecular weight is 478 g/mol. The number of hydrogen-bond donors (Lipinski definition) is 0. The number of thiazole rings is 1. The maximum absolute atomic E-state index is 12.7. The number of aryl methyl sites for hydroxylation is 1. The number of carbonyl (C=O) groups excluding carboxylic acids is 1. The average Bonchev–Trinajstić information content (AvgIpc) is 3.17. The summed E-state index contributed by atoms with van der Waals surface area (Å²) in [4.78, 5) is 17.7. The van der Waals surface area contributed by atoms with Gasteiger partial charge in [-0.25, -0.2) is 8.42 Å². The lowest BCUT2D eigenvalue weighted by Gasteiger charge is -2.18. The van der Waals surface area contributed by atoms with Gasteiger partial charge in [0.15, 0.2) is 4.80 Å². The second kappa shape index (κ2) is 8.14. The molecule has 0 aliphatic carbocycles. The van der Waals surface area contributed by atoms with Gasteiger partial charge in [-0.2, -0.15) is 21.1 Å². The molecule has 0 spiro atoms. The summed E-state index contributed by atoms with van der Waals surface area (Å²) in [5.41, 5.74) is 1.03. The Morgan fingerprint density at radius 2 is 2.23 bits per heavy atom. The number of rotatable bonds is 5. The molecule has 1 unspecified atom stereocenters. The van der Waals surface area contributed by atoms with Crippen LogP contribution in [0.15, 0.2) is 27.7 Å². The van der Waals surface area contributed by atoms with E-state index in [1.165, 1.54) is 15.6 Å². The van der Waals surface area contributed by atoms with E-state index >= 15 is 0 Å². The Labute approximate surface area is 169 Å². The Balaban J connectivity index is 2.04. The van der Waals surface area contributed by atoms with Gasteiger partial charge < -0.3 is 4.57 Å². The molecule has 0 radical (unpaired) electrons. The molecule has 1 fully saturated rings. The van der Waals surface area contributed by atoms with Crippen LogP contribution in [0.4, 0.5) is 0 Å². The quantitative estimate of drug-likeness (QED) is 0.663. The van der Waals surface area contributed by atoms with E-state index in [0.717, 1.165) is 33.2 Å². The van der Waals surface area contributed by atoms with E-state index in [2.05, 4.69) is 20.9 Å². The van der Waals surface area contributed by atoms with E-state index in [9.17, 15) is 13.2 Å². The molecule has 1 aliphatic heterocycles. The molecule has 6 nitrogen and oxygen atoms in total. The number of nitrogens with zero attached hydrogens (tertiary/aromatic N) is 3. The molecular formula is C16H20BrN3O3S3. The first kappa shape index (κ1) is 20.1. The summed E-state index contributed by atoms with van der Waals surface area (Å²) in [6, 6.07) is 5.31. The Bertz CT molecular complexity index is 997. The summed E-state index contributed by atoms with van der Waals surface area (Å²) in [5, 5.41) is 0. The van der Waals surface area contributed by atoms with Crippen LogP contribution < -0.4 is 4.80 Å². The summed E-state index contributed by atoms with van der Waals surface area (Å²) in [5.74, 6) is 0.527. The van der Waals surface area contributed by atoms with E-state index in [0.29, 0.717) is 24.2 Å². The number of fused-ring (bicyclic) bond motifs is 1. The van der Waals surface area contributed by atoms with Crippen molar-refractivity contribution >= 4 is 65.2 Å². The molecule has 1 aromatic heterocycles. The molecule has 2 aromatic rings. The smallest absolute Gasteiger partial charge is 0.266 e. The minimum absolute atomic E-state index is 0.378. The molecule has 3 rings (SSSR count). The molecule has 1 aromatic carbocycles. The summed E-state index contributed by atoms with van der Waals surface area (Å²) in [6.07, 6.45) is 4.39. The van der Waals surface area contributed by atoms with Crippen molar-refractivity contribution in [2.75, 3.05) is 24.8 Å². The molecule has 0 N–H and O–H groups in total. The molecule has 1 saturated heterocycles. The molecule has 26 heavy (non-hydrogen) atoms. The zero-order chi connectivity index (χ0) is 18.9. The van der Waals surface area contributed by atoms with Crippen LogP contribution in [0, 0.1) is 0 Å². The molecule has 142 valence electrons. The second-order valence-electron chi connectivity index (χ2n) is 6.12. The van der Waals surface area contributed by atoms with Gasteiger partial charge >= 0.3 is 0 Å². The van der Waals surface area contributed by atoms with E-state index in [1.54, 1.807) is 11.8 Å². The van der Waals surface area contributed by atoms with Gasteiger partial charge in [0.2, 0.25) is 10.0 Å². The SMILES string of the molecule is CSCCn1c(=NC(=O)C2CCCN2S(C)(=O)=O)sc2cc(Br)ccc21. The molecule has 2 heterocycles. The highest BCUT2D eigenvalue weighted by Gasteiger charge is 2.36. The molecule has 1 atom stereocenters. The van der Waals surface area contributed by atoms with Crippen molar-refractivity contribution < 1.29 is 13.2 Å². The fraction of sp³-hybridized carbons (Fsp3) is 0.500. The molecular weight excluding hydrogens is 458 g/mol. The van der Waals surface area contributed by atoms with Gasteiger partial charge in [-0.15, -0.1) is 0 Å². The van der Waals surface area contributed by atoms with Crippen molar-refractivity contribution in [1.29, 1.82) is 0 Å². The first-order valence-electron chi connectivity index (χ1n) is 8.14. The van der Waals surface area contributed by atoms with Crippen LogP contribution in [0.1, 0.15) is 12.8 Å². The third-order valence-electron chi connectivity index (χ3n) is 4.28. The lowest BCUT2D eigenvalue weighted by Crippen LogP contribution is -2.40. The van der Waals surface area contributed by atoms with Crippen molar-refractivity contribution in [3.63, 3.8) is 0 Å². The van der Waals surface area contributed by atoms with Crippen molar-refractivity contribution in [2.45, 2.75) is 25.4 Å². The predicted octanol–water partition coefficient (Wildman–Crippen LogP) is 2.68. The Kier molecular flexibility index (Phi) is 6.28. The predicted molar refractivity (Wildman–Crippen MR) is 111 cm³/mol. The zero-order valence-corrected chi connectivity index (χ0v) is 18.5. The zero-order valence-electron chi connectivity index (χ0n) is 14.5. The van der Waals surface area contributed by atoms with Crippen LogP contribution in [0.3, 0.4) is 0 Å². The second-order valence-corrected chi connectivity index (χ2v) is 11.0. The number of carbonyl (C=O) groups is 1. The van der Waals surface area contributed by atoms with Crippen molar-refractivity contribution in [2.24, 2.45) is 4.99 Å². The molecule has 0 saturated carbocycles. The number of benzene rings is 1. The van der Waals surface area contributed by atoms with Crippen LogP contribution in [0.2, 0.25) is 0 Å². The maximum atomic E-state index is 12.7. The topological polar surface area (TPSA) is 71.7 Å². The molecule has 1 amide bonds. The van der Waals surface area contributed by atoms with Crippen molar-refractivity contribution in [3.8, 4) is 0 Å². The maximum Gasteiger partial charge on any atom is 0.266 e. The largest absolute Gasteiger partial charge is 0.316 e. The van der Waals surface area contributed by atoms with Crippen molar-refractivity contribution in [3.05, 3.63) is 27.5 Å². The Morgan fingerprint density at radius 3 is 2.92 bits per heavy atom.